The van der Waals surface area contributed by atoms with Gasteiger partial charge in [-0.25, -0.2) is 22.4 Å². The largest absolute Gasteiger partial charge is 0.471 e. The molecule has 0 unspecified atom stereocenters. The molecule has 0 saturated heterocycles. The molecular formula is C26H24F4N4O8S. The molecule has 0 radical (unpaired) electrons. The molecule has 43 heavy (non-hydrogen) atoms. The maximum absolute atomic E-state index is 14.9. The van der Waals surface area contributed by atoms with Crippen molar-refractivity contribution in [2.24, 2.45) is 0 Å². The molecule has 2 heterocycles. The van der Waals surface area contributed by atoms with Gasteiger partial charge in [-0.1, -0.05) is 29.4 Å². The van der Waals surface area contributed by atoms with E-state index in [4.69, 9.17) is 4.74 Å². The minimum atomic E-state index is -4.85. The van der Waals surface area contributed by atoms with Crippen LogP contribution in [0.4, 0.5) is 28.0 Å². The van der Waals surface area contributed by atoms with Crippen LogP contribution in [-0.4, -0.2) is 61.0 Å². The number of alkyl carbamates (subject to hydrolysis) is 1. The molecule has 2 aromatic carbocycles. The Labute approximate surface area is 241 Å². The van der Waals surface area contributed by atoms with Crippen molar-refractivity contribution in [1.29, 1.82) is 0 Å². The summed E-state index contributed by atoms with van der Waals surface area (Å²) in [5.41, 5.74) is -1.55. The number of hydrogen-bond acceptors (Lipinski definition) is 10. The van der Waals surface area contributed by atoms with E-state index < -0.39 is 73.5 Å². The summed E-state index contributed by atoms with van der Waals surface area (Å²) in [7, 11) is -3.46. The first-order valence-corrected chi connectivity index (χ1v) is 14.0. The molecule has 2 amide bonds. The number of sulfone groups is 1. The monoisotopic (exact) mass is 628 g/mol. The Kier molecular flexibility index (Phi) is 8.23. The third kappa shape index (κ3) is 6.93. The predicted molar refractivity (Wildman–Crippen MR) is 139 cm³/mol. The third-order valence-corrected chi connectivity index (χ3v) is 7.71. The highest BCUT2D eigenvalue weighted by Crippen LogP contribution is 2.35. The highest BCUT2D eigenvalue weighted by atomic mass is 32.2. The van der Waals surface area contributed by atoms with Crippen LogP contribution in [0.15, 0.2) is 45.8 Å². The van der Waals surface area contributed by atoms with E-state index >= 15 is 0 Å². The molecule has 0 bridgehead atoms. The summed E-state index contributed by atoms with van der Waals surface area (Å²) in [6.45, 7) is 4.29. The summed E-state index contributed by atoms with van der Waals surface area (Å²) >= 11 is 0. The molecule has 4 rings (SSSR count). The van der Waals surface area contributed by atoms with E-state index in [9.17, 15) is 40.4 Å². The highest BCUT2D eigenvalue weighted by Gasteiger charge is 2.41. The molecule has 1 aliphatic heterocycles. The number of carbonyl (C=O) groups excluding carboxylic acids is 3. The fourth-order valence-corrected chi connectivity index (χ4v) is 5.69. The van der Waals surface area contributed by atoms with Gasteiger partial charge in [0, 0.05) is 5.56 Å². The lowest BCUT2D eigenvalue weighted by Crippen LogP contribution is -2.51. The van der Waals surface area contributed by atoms with Crippen molar-refractivity contribution in [3.8, 4) is 11.4 Å². The lowest BCUT2D eigenvalue weighted by atomic mass is 10.1. The van der Waals surface area contributed by atoms with Crippen LogP contribution in [0.1, 0.15) is 42.6 Å². The molecule has 12 nitrogen and oxygen atoms in total. The molecule has 1 N–H and O–H groups in total. The van der Waals surface area contributed by atoms with Gasteiger partial charge in [0.1, 0.15) is 17.5 Å². The fraction of sp³-hybridized carbons (Fsp3) is 0.346. The van der Waals surface area contributed by atoms with Crippen LogP contribution in [0.3, 0.4) is 0 Å². The Morgan fingerprint density at radius 3 is 2.35 bits per heavy atom. The SMILES string of the molecule is COC(=O)c1cc2c(cc1F)S(=O)(=O)C[C@H](NC(=O)OC(C)(C)C)C(=O)N2Cc1ccc(-c2noc(C(F)(F)F)n2)cc1. The molecule has 3 aromatic rings. The van der Waals surface area contributed by atoms with Gasteiger partial charge in [0.2, 0.25) is 5.82 Å². The first-order chi connectivity index (χ1) is 19.9. The second-order valence-electron chi connectivity index (χ2n) is 10.3. The van der Waals surface area contributed by atoms with Gasteiger partial charge >= 0.3 is 24.1 Å². The number of carbonyl (C=O) groups is 3. The van der Waals surface area contributed by atoms with Crippen LogP contribution >= 0.6 is 0 Å². The summed E-state index contributed by atoms with van der Waals surface area (Å²) in [5, 5.41) is 5.55. The number of methoxy groups -OCH3 is 1. The predicted octanol–water partition coefficient (Wildman–Crippen LogP) is 3.89. The molecule has 1 atom stereocenters. The molecule has 230 valence electrons. The number of rotatable bonds is 5. The topological polar surface area (TPSA) is 158 Å². The molecule has 17 heteroatoms. The van der Waals surface area contributed by atoms with E-state index in [0.29, 0.717) is 11.6 Å². The Hall–Kier alpha value is -4.54. The minimum Gasteiger partial charge on any atom is -0.465 e. The second kappa shape index (κ2) is 11.3. The first kappa shape index (κ1) is 31.4. The van der Waals surface area contributed by atoms with Crippen molar-refractivity contribution < 1.29 is 54.4 Å². The zero-order valence-corrected chi connectivity index (χ0v) is 23.8. The van der Waals surface area contributed by atoms with Gasteiger partial charge in [-0.3, -0.25) is 4.79 Å². The van der Waals surface area contributed by atoms with Crippen LogP contribution < -0.4 is 10.2 Å². The van der Waals surface area contributed by atoms with Crippen molar-refractivity contribution in [2.45, 2.75) is 50.0 Å². The van der Waals surface area contributed by atoms with Gasteiger partial charge in [-0.05, 0) is 38.5 Å². The van der Waals surface area contributed by atoms with Crippen molar-refractivity contribution in [3.63, 3.8) is 0 Å². The minimum absolute atomic E-state index is 0.132. The number of halogens is 4. The lowest BCUT2D eigenvalue weighted by Gasteiger charge is -2.27. The Morgan fingerprint density at radius 1 is 1.14 bits per heavy atom. The van der Waals surface area contributed by atoms with Crippen LogP contribution in [-0.2, 0) is 36.8 Å². The number of fused-ring (bicyclic) bond motifs is 1. The van der Waals surface area contributed by atoms with Gasteiger partial charge < -0.3 is 24.2 Å². The zero-order valence-electron chi connectivity index (χ0n) is 23.0. The van der Waals surface area contributed by atoms with Crippen LogP contribution in [0, 0.1) is 5.82 Å². The summed E-state index contributed by atoms with van der Waals surface area (Å²) in [5.74, 6) is -6.15. The van der Waals surface area contributed by atoms with E-state index in [1.165, 1.54) is 24.3 Å². The lowest BCUT2D eigenvalue weighted by molar-refractivity contribution is -0.159. The summed E-state index contributed by atoms with van der Waals surface area (Å²) < 4.78 is 94.0. The molecule has 1 aromatic heterocycles. The number of hydrogen-bond donors (Lipinski definition) is 1. The molecule has 0 fully saturated rings. The number of amides is 2. The van der Waals surface area contributed by atoms with E-state index in [1.807, 2.05) is 0 Å². The van der Waals surface area contributed by atoms with E-state index in [1.54, 1.807) is 20.8 Å². The molecule has 1 aliphatic rings. The smallest absolute Gasteiger partial charge is 0.465 e. The van der Waals surface area contributed by atoms with Crippen molar-refractivity contribution in [2.75, 3.05) is 17.8 Å². The van der Waals surface area contributed by atoms with Crippen molar-refractivity contribution >= 4 is 33.5 Å². The maximum Gasteiger partial charge on any atom is 0.471 e. The summed E-state index contributed by atoms with van der Waals surface area (Å²) in [6.07, 6.45) is -5.94. The number of nitrogens with one attached hydrogen (secondary N) is 1. The summed E-state index contributed by atoms with van der Waals surface area (Å²) in [6, 6.07) is 5.22. The van der Waals surface area contributed by atoms with Crippen molar-refractivity contribution in [3.05, 3.63) is 59.2 Å². The normalized spacial score (nSPS) is 16.7. The number of benzene rings is 2. The van der Waals surface area contributed by atoms with Gasteiger partial charge in [0.15, 0.2) is 9.84 Å². The van der Waals surface area contributed by atoms with Crippen molar-refractivity contribution in [1.82, 2.24) is 15.5 Å². The number of esters is 1. The molecule has 0 saturated carbocycles. The molecule has 0 aliphatic carbocycles. The Bertz CT molecular complexity index is 1680. The average Bonchev–Trinajstić information content (AvgIpc) is 3.39. The average molecular weight is 629 g/mol. The second-order valence-corrected chi connectivity index (χ2v) is 12.3. The van der Waals surface area contributed by atoms with E-state index in [0.717, 1.165) is 18.1 Å². The fourth-order valence-electron chi connectivity index (χ4n) is 4.07. The highest BCUT2D eigenvalue weighted by molar-refractivity contribution is 7.91. The van der Waals surface area contributed by atoms with E-state index in [-0.39, 0.29) is 23.6 Å². The quantitative estimate of drug-likeness (QED) is 0.325. The van der Waals surface area contributed by atoms with Crippen LogP contribution in [0.2, 0.25) is 0 Å². The number of alkyl halides is 3. The Balaban J connectivity index is 1.76. The summed E-state index contributed by atoms with van der Waals surface area (Å²) in [4.78, 5) is 42.1. The third-order valence-electron chi connectivity index (χ3n) is 5.94. The van der Waals surface area contributed by atoms with Gasteiger partial charge in [-0.2, -0.15) is 18.2 Å². The first-order valence-electron chi connectivity index (χ1n) is 12.4. The maximum atomic E-state index is 14.9. The molecular weight excluding hydrogens is 604 g/mol. The number of aromatic nitrogens is 2. The van der Waals surface area contributed by atoms with Crippen LogP contribution in [0.25, 0.3) is 11.4 Å². The zero-order chi connectivity index (χ0) is 31.9. The van der Waals surface area contributed by atoms with Gasteiger partial charge in [-0.15, -0.1) is 0 Å². The number of ether oxygens (including phenoxy) is 2. The Morgan fingerprint density at radius 2 is 1.79 bits per heavy atom. The molecule has 0 spiro atoms. The van der Waals surface area contributed by atoms with E-state index in [2.05, 4.69) is 24.7 Å². The van der Waals surface area contributed by atoms with Crippen LogP contribution in [0.5, 0.6) is 0 Å². The van der Waals surface area contributed by atoms with Gasteiger partial charge in [0.05, 0.1) is 35.6 Å². The number of nitrogens with zero attached hydrogens (tertiary/aromatic N) is 3. The number of anilines is 1. The standard InChI is InChI=1S/C26H24F4N4O8S/c1-25(2,3)41-24(37)31-17-12-43(38,39)19-10-16(27)15(22(36)40-4)9-18(19)34(21(17)35)11-13-5-7-14(8-6-13)20-32-23(42-33-20)26(28,29)30/h5-10,17H,11-12H2,1-4H3,(H,31,37)/t17-/m0/s1. The van der Waals surface area contributed by atoms with Gasteiger partial charge in [0.25, 0.3) is 5.91 Å².